The molecule has 0 heterocycles. The van der Waals surface area contributed by atoms with Crippen LogP contribution in [-0.2, 0) is 9.53 Å². The number of amides is 1. The van der Waals surface area contributed by atoms with Gasteiger partial charge in [-0.05, 0) is 24.7 Å². The van der Waals surface area contributed by atoms with E-state index in [9.17, 15) is 9.59 Å². The Labute approximate surface area is 102 Å². The van der Waals surface area contributed by atoms with Crippen molar-refractivity contribution in [3.8, 4) is 0 Å². The van der Waals surface area contributed by atoms with Crippen molar-refractivity contribution in [1.29, 1.82) is 0 Å². The Bertz CT molecular complexity index is 321. The minimum atomic E-state index is -1.04. The van der Waals surface area contributed by atoms with Crippen molar-refractivity contribution in [2.24, 2.45) is 11.3 Å². The van der Waals surface area contributed by atoms with Gasteiger partial charge in [-0.1, -0.05) is 20.8 Å². The summed E-state index contributed by atoms with van der Waals surface area (Å²) < 4.78 is 4.73. The molecule has 1 rings (SSSR count). The van der Waals surface area contributed by atoms with Crippen LogP contribution in [0.15, 0.2) is 0 Å². The second kappa shape index (κ2) is 4.55. The van der Waals surface area contributed by atoms with Crippen LogP contribution >= 0.6 is 0 Å². The maximum Gasteiger partial charge on any atom is 0.405 e. The zero-order valence-electron chi connectivity index (χ0n) is 10.9. The maximum absolute atomic E-state index is 11.5. The van der Waals surface area contributed by atoms with Crippen LogP contribution in [0.5, 0.6) is 0 Å². The van der Waals surface area contributed by atoms with Crippen LogP contribution in [-0.4, -0.2) is 29.8 Å². The molecule has 0 aromatic carbocycles. The lowest BCUT2D eigenvalue weighted by molar-refractivity contribution is -0.145. The average molecular weight is 243 g/mol. The highest BCUT2D eigenvalue weighted by Gasteiger charge is 2.50. The molecule has 1 fully saturated rings. The number of ether oxygens (including phenoxy) is 1. The van der Waals surface area contributed by atoms with E-state index in [-0.39, 0.29) is 17.3 Å². The Morgan fingerprint density at radius 3 is 2.41 bits per heavy atom. The summed E-state index contributed by atoms with van der Waals surface area (Å²) in [6, 6.07) is 0. The number of hydrogen-bond acceptors (Lipinski definition) is 3. The lowest BCUT2D eigenvalue weighted by Gasteiger charge is -2.42. The van der Waals surface area contributed by atoms with Gasteiger partial charge in [0.05, 0.1) is 13.0 Å². The first-order valence-corrected chi connectivity index (χ1v) is 5.81. The summed E-state index contributed by atoms with van der Waals surface area (Å²) in [6.45, 7) is 5.97. The largest absolute Gasteiger partial charge is 0.469 e. The quantitative estimate of drug-likeness (QED) is 0.727. The van der Waals surface area contributed by atoms with E-state index in [1.165, 1.54) is 7.11 Å². The highest BCUT2D eigenvalue weighted by Crippen LogP contribution is 2.46. The Kier molecular flexibility index (Phi) is 3.69. The predicted octanol–water partition coefficient (Wildman–Crippen LogP) is 2.01. The van der Waals surface area contributed by atoms with Crippen LogP contribution in [0, 0.1) is 11.3 Å². The first-order chi connectivity index (χ1) is 7.72. The fourth-order valence-corrected chi connectivity index (χ4v) is 2.60. The van der Waals surface area contributed by atoms with Gasteiger partial charge in [0.1, 0.15) is 0 Å². The van der Waals surface area contributed by atoms with Crippen LogP contribution in [0.2, 0.25) is 0 Å². The molecular weight excluding hydrogens is 222 g/mol. The van der Waals surface area contributed by atoms with Crippen molar-refractivity contribution in [3.05, 3.63) is 0 Å². The smallest absolute Gasteiger partial charge is 0.405 e. The van der Waals surface area contributed by atoms with E-state index in [2.05, 4.69) is 5.32 Å². The molecule has 2 atom stereocenters. The lowest BCUT2D eigenvalue weighted by Crippen LogP contribution is -2.55. The van der Waals surface area contributed by atoms with Crippen LogP contribution in [0.25, 0.3) is 0 Å². The van der Waals surface area contributed by atoms with Gasteiger partial charge in [-0.15, -0.1) is 0 Å². The van der Waals surface area contributed by atoms with Crippen molar-refractivity contribution in [2.45, 2.75) is 45.6 Å². The summed E-state index contributed by atoms with van der Waals surface area (Å²) in [5, 5.41) is 11.6. The van der Waals surface area contributed by atoms with E-state index in [1.54, 1.807) is 0 Å². The van der Waals surface area contributed by atoms with Crippen molar-refractivity contribution in [3.63, 3.8) is 0 Å². The van der Waals surface area contributed by atoms with E-state index in [4.69, 9.17) is 9.84 Å². The predicted molar refractivity (Wildman–Crippen MR) is 62.7 cm³/mol. The zero-order valence-corrected chi connectivity index (χ0v) is 10.9. The normalized spacial score (nSPS) is 28.8. The van der Waals surface area contributed by atoms with Gasteiger partial charge < -0.3 is 15.2 Å². The number of hydrogen-bond donors (Lipinski definition) is 2. The Morgan fingerprint density at radius 2 is 2.00 bits per heavy atom. The number of carbonyl (C=O) groups excluding carboxylic acids is 1. The van der Waals surface area contributed by atoms with Crippen molar-refractivity contribution >= 4 is 12.1 Å². The van der Waals surface area contributed by atoms with E-state index in [0.717, 1.165) is 0 Å². The molecule has 1 aliphatic carbocycles. The topological polar surface area (TPSA) is 75.6 Å². The number of rotatable bonds is 2. The van der Waals surface area contributed by atoms with Crippen molar-refractivity contribution < 1.29 is 19.4 Å². The molecule has 0 radical (unpaired) electrons. The molecule has 1 unspecified atom stereocenters. The summed E-state index contributed by atoms with van der Waals surface area (Å²) >= 11 is 0. The third-order valence-electron chi connectivity index (χ3n) is 3.83. The lowest BCUT2D eigenvalue weighted by atomic mass is 9.72. The molecule has 0 aliphatic heterocycles. The van der Waals surface area contributed by atoms with Crippen LogP contribution in [0.4, 0.5) is 4.79 Å². The molecule has 1 aliphatic rings. The second-order valence-electron chi connectivity index (χ2n) is 5.73. The first kappa shape index (κ1) is 13.8. The number of carboxylic acid groups (broad SMARTS) is 1. The number of esters is 1. The monoisotopic (exact) mass is 243 g/mol. The second-order valence-corrected chi connectivity index (χ2v) is 5.73. The minimum absolute atomic E-state index is 0.203. The van der Waals surface area contributed by atoms with Gasteiger partial charge in [-0.2, -0.15) is 0 Å². The third kappa shape index (κ3) is 2.70. The molecule has 17 heavy (non-hydrogen) atoms. The van der Waals surface area contributed by atoms with Gasteiger partial charge in [0, 0.05) is 5.54 Å². The van der Waals surface area contributed by atoms with Gasteiger partial charge in [-0.3, -0.25) is 4.79 Å². The van der Waals surface area contributed by atoms with Crippen LogP contribution < -0.4 is 5.32 Å². The van der Waals surface area contributed by atoms with Crippen molar-refractivity contribution in [2.75, 3.05) is 7.11 Å². The van der Waals surface area contributed by atoms with Crippen molar-refractivity contribution in [1.82, 2.24) is 5.32 Å². The summed E-state index contributed by atoms with van der Waals surface area (Å²) in [5.41, 5.74) is -0.772. The van der Waals surface area contributed by atoms with Crippen LogP contribution in [0.3, 0.4) is 0 Å². The van der Waals surface area contributed by atoms with Crippen LogP contribution in [0.1, 0.15) is 40.0 Å². The summed E-state index contributed by atoms with van der Waals surface area (Å²) in [4.78, 5) is 22.4. The SMILES string of the molecule is COC(=O)[C@@H]1CCC(NC(=O)O)(C(C)(C)C)C1. The highest BCUT2D eigenvalue weighted by atomic mass is 16.5. The molecule has 98 valence electrons. The molecule has 0 aromatic rings. The number of carbonyl (C=O) groups is 2. The molecule has 0 spiro atoms. The molecule has 1 amide bonds. The molecule has 0 bridgehead atoms. The Morgan fingerprint density at radius 1 is 1.41 bits per heavy atom. The average Bonchev–Trinajstić information content (AvgIpc) is 2.60. The molecule has 0 aromatic heterocycles. The Balaban J connectivity index is 2.89. The maximum atomic E-state index is 11.5. The molecular formula is C12H21NO4. The van der Waals surface area contributed by atoms with E-state index >= 15 is 0 Å². The number of nitrogens with one attached hydrogen (secondary N) is 1. The summed E-state index contributed by atoms with van der Waals surface area (Å²) in [5.74, 6) is -0.450. The third-order valence-corrected chi connectivity index (χ3v) is 3.83. The van der Waals surface area contributed by atoms with E-state index in [1.807, 2.05) is 20.8 Å². The molecule has 2 N–H and O–H groups in total. The molecule has 5 heteroatoms. The summed E-state index contributed by atoms with van der Waals surface area (Å²) in [7, 11) is 1.37. The Hall–Kier alpha value is -1.26. The summed E-state index contributed by atoms with van der Waals surface area (Å²) in [6.07, 6.45) is 0.813. The fraction of sp³-hybridized carbons (Fsp3) is 0.833. The highest BCUT2D eigenvalue weighted by molar-refractivity contribution is 5.73. The minimum Gasteiger partial charge on any atom is -0.469 e. The van der Waals surface area contributed by atoms with Gasteiger partial charge >= 0.3 is 12.1 Å². The first-order valence-electron chi connectivity index (χ1n) is 5.81. The van der Waals surface area contributed by atoms with E-state index in [0.29, 0.717) is 19.3 Å². The molecule has 0 saturated heterocycles. The van der Waals surface area contributed by atoms with E-state index < -0.39 is 11.6 Å². The van der Waals surface area contributed by atoms with Gasteiger partial charge in [-0.25, -0.2) is 4.79 Å². The zero-order chi connectivity index (χ0) is 13.3. The van der Waals surface area contributed by atoms with Gasteiger partial charge in [0.25, 0.3) is 0 Å². The van der Waals surface area contributed by atoms with Gasteiger partial charge in [0.2, 0.25) is 0 Å². The standard InChI is InChI=1S/C12H21NO4/c1-11(2,3)12(13-10(15)16)6-5-8(7-12)9(14)17-4/h8,13H,5-7H2,1-4H3,(H,15,16)/t8-,12?/m1/s1. The molecule has 5 nitrogen and oxygen atoms in total. The van der Waals surface area contributed by atoms with Gasteiger partial charge in [0.15, 0.2) is 0 Å². The fourth-order valence-electron chi connectivity index (χ4n) is 2.60. The molecule has 1 saturated carbocycles. The number of methoxy groups -OCH3 is 1.